The van der Waals surface area contributed by atoms with E-state index < -0.39 is 0 Å². The van der Waals surface area contributed by atoms with Crippen LogP contribution in [0.3, 0.4) is 0 Å². The van der Waals surface area contributed by atoms with Gasteiger partial charge in [0.15, 0.2) is 0 Å². The summed E-state index contributed by atoms with van der Waals surface area (Å²) in [4.78, 5) is 11.3. The van der Waals surface area contributed by atoms with Crippen molar-refractivity contribution < 1.29 is 9.53 Å². The minimum absolute atomic E-state index is 0.356. The van der Waals surface area contributed by atoms with Gasteiger partial charge in [0.1, 0.15) is 0 Å². The maximum absolute atomic E-state index is 11.3. The molecule has 0 aliphatic rings. The second kappa shape index (κ2) is 3.18. The highest BCUT2D eigenvalue weighted by Crippen LogP contribution is 2.19. The van der Waals surface area contributed by atoms with Gasteiger partial charge in [-0.2, -0.15) is 0 Å². The summed E-state index contributed by atoms with van der Waals surface area (Å²) >= 11 is 0. The molecule has 0 aliphatic carbocycles. The third kappa shape index (κ3) is 1.18. The van der Waals surface area contributed by atoms with E-state index in [2.05, 4.69) is 4.74 Å². The smallest absolute Gasteiger partial charge is 0.418 e. The summed E-state index contributed by atoms with van der Waals surface area (Å²) < 4.78 is 6.17. The van der Waals surface area contributed by atoms with Gasteiger partial charge in [-0.3, -0.25) is 4.57 Å². The molecule has 1 aromatic heterocycles. The Hall–Kier alpha value is -1.77. The topological polar surface area (TPSA) is 31.2 Å². The van der Waals surface area contributed by atoms with E-state index in [1.807, 2.05) is 31.2 Å². The first-order valence-electron chi connectivity index (χ1n) is 4.39. The second-order valence-electron chi connectivity index (χ2n) is 3.16. The molecular formula is C11H11NO2. The number of hydrogen-bond donors (Lipinski definition) is 0. The lowest BCUT2D eigenvalue weighted by Crippen LogP contribution is -2.09. The number of carbonyl (C=O) groups is 1. The third-order valence-corrected chi connectivity index (χ3v) is 2.32. The lowest BCUT2D eigenvalue weighted by atomic mass is 10.1. The fraction of sp³-hybridized carbons (Fsp3) is 0.182. The third-order valence-electron chi connectivity index (χ3n) is 2.32. The highest BCUT2D eigenvalue weighted by atomic mass is 16.5. The molecule has 0 spiro atoms. The normalized spacial score (nSPS) is 10.4. The quantitative estimate of drug-likeness (QED) is 0.637. The minimum atomic E-state index is -0.356. The highest BCUT2D eigenvalue weighted by Gasteiger charge is 2.08. The zero-order valence-electron chi connectivity index (χ0n) is 8.15. The maximum Gasteiger partial charge on any atom is 0.418 e. The van der Waals surface area contributed by atoms with E-state index in [-0.39, 0.29) is 6.09 Å². The summed E-state index contributed by atoms with van der Waals surface area (Å²) in [5, 5.41) is 1.08. The predicted octanol–water partition coefficient (Wildman–Crippen LogP) is 2.56. The first kappa shape index (κ1) is 8.81. The van der Waals surface area contributed by atoms with Crippen LogP contribution in [-0.2, 0) is 4.74 Å². The van der Waals surface area contributed by atoms with Crippen molar-refractivity contribution in [2.24, 2.45) is 0 Å². The molecule has 0 radical (unpaired) electrons. The van der Waals surface area contributed by atoms with E-state index in [4.69, 9.17) is 0 Å². The maximum atomic E-state index is 11.3. The fourth-order valence-electron chi connectivity index (χ4n) is 1.58. The summed E-state index contributed by atoms with van der Waals surface area (Å²) in [5.41, 5.74) is 2.04. The molecule has 0 N–H and O–H groups in total. The molecule has 1 heterocycles. The van der Waals surface area contributed by atoms with Crippen LogP contribution in [-0.4, -0.2) is 17.8 Å². The zero-order chi connectivity index (χ0) is 10.1. The molecule has 0 amide bonds. The number of rotatable bonds is 0. The van der Waals surface area contributed by atoms with Crippen molar-refractivity contribution in [2.45, 2.75) is 6.92 Å². The lowest BCUT2D eigenvalue weighted by molar-refractivity contribution is 0.174. The molecule has 0 atom stereocenters. The predicted molar refractivity (Wildman–Crippen MR) is 54.5 cm³/mol. The van der Waals surface area contributed by atoms with E-state index in [1.54, 1.807) is 6.20 Å². The molecule has 0 aliphatic heterocycles. The first-order chi connectivity index (χ1) is 6.74. The Morgan fingerprint density at radius 3 is 2.86 bits per heavy atom. The number of methoxy groups -OCH3 is 1. The molecule has 1 aromatic carbocycles. The van der Waals surface area contributed by atoms with Gasteiger partial charge in [0.25, 0.3) is 0 Å². The molecule has 0 unspecified atom stereocenters. The molecular weight excluding hydrogens is 178 g/mol. The Morgan fingerprint density at radius 1 is 1.36 bits per heavy atom. The first-order valence-corrected chi connectivity index (χ1v) is 4.39. The Balaban J connectivity index is 2.70. The Morgan fingerprint density at radius 2 is 2.14 bits per heavy atom. The summed E-state index contributed by atoms with van der Waals surface area (Å²) in [6.07, 6.45) is 1.37. The van der Waals surface area contributed by atoms with E-state index in [9.17, 15) is 4.79 Å². The van der Waals surface area contributed by atoms with Crippen molar-refractivity contribution >= 4 is 17.0 Å². The summed E-state index contributed by atoms with van der Waals surface area (Å²) in [7, 11) is 1.38. The van der Waals surface area contributed by atoms with Crippen LogP contribution in [0.25, 0.3) is 10.9 Å². The zero-order valence-corrected chi connectivity index (χ0v) is 8.15. The van der Waals surface area contributed by atoms with Gasteiger partial charge in [-0.25, -0.2) is 4.79 Å². The van der Waals surface area contributed by atoms with Gasteiger partial charge < -0.3 is 4.74 Å². The summed E-state index contributed by atoms with van der Waals surface area (Å²) in [6, 6.07) is 7.77. The Kier molecular flexibility index (Phi) is 2.00. The van der Waals surface area contributed by atoms with Crippen molar-refractivity contribution in [2.75, 3.05) is 7.11 Å². The monoisotopic (exact) mass is 189 g/mol. The average Bonchev–Trinajstić information content (AvgIpc) is 2.62. The van der Waals surface area contributed by atoms with Crippen molar-refractivity contribution in [1.29, 1.82) is 0 Å². The molecule has 72 valence electrons. The molecule has 2 aromatic rings. The van der Waals surface area contributed by atoms with E-state index in [0.717, 1.165) is 16.5 Å². The van der Waals surface area contributed by atoms with Crippen LogP contribution in [0.5, 0.6) is 0 Å². The van der Waals surface area contributed by atoms with E-state index in [1.165, 1.54) is 11.7 Å². The molecule has 2 rings (SSSR count). The van der Waals surface area contributed by atoms with Crippen molar-refractivity contribution in [3.63, 3.8) is 0 Å². The van der Waals surface area contributed by atoms with Crippen LogP contribution < -0.4 is 0 Å². The summed E-state index contributed by atoms with van der Waals surface area (Å²) in [5.74, 6) is 0. The Bertz CT molecular complexity index is 485. The van der Waals surface area contributed by atoms with E-state index >= 15 is 0 Å². The number of nitrogens with zero attached hydrogens (tertiary/aromatic N) is 1. The standard InChI is InChI=1S/C11H11NO2/c1-8-4-3-5-10-9(8)6-7-12(10)11(13)14-2/h3-7H,1-2H3. The molecule has 0 saturated heterocycles. The number of fused-ring (bicyclic) bond motifs is 1. The van der Waals surface area contributed by atoms with Gasteiger partial charge in [0.2, 0.25) is 0 Å². The minimum Gasteiger partial charge on any atom is -0.452 e. The van der Waals surface area contributed by atoms with Crippen molar-refractivity contribution in [3.05, 3.63) is 36.0 Å². The Labute approximate surface area is 81.9 Å². The number of carbonyl (C=O) groups excluding carboxylic acids is 1. The van der Waals surface area contributed by atoms with Gasteiger partial charge in [0, 0.05) is 11.6 Å². The van der Waals surface area contributed by atoms with Gasteiger partial charge in [-0.1, -0.05) is 12.1 Å². The van der Waals surface area contributed by atoms with Crippen LogP contribution >= 0.6 is 0 Å². The molecule has 0 fully saturated rings. The number of aryl methyl sites for hydroxylation is 1. The molecule has 3 nitrogen and oxygen atoms in total. The molecule has 14 heavy (non-hydrogen) atoms. The molecule has 0 bridgehead atoms. The lowest BCUT2D eigenvalue weighted by Gasteiger charge is -2.02. The second-order valence-corrected chi connectivity index (χ2v) is 3.16. The van der Waals surface area contributed by atoms with Crippen LogP contribution in [0.15, 0.2) is 30.5 Å². The average molecular weight is 189 g/mol. The fourth-order valence-corrected chi connectivity index (χ4v) is 1.58. The van der Waals surface area contributed by atoms with E-state index in [0.29, 0.717) is 0 Å². The largest absolute Gasteiger partial charge is 0.452 e. The molecule has 3 heteroatoms. The van der Waals surface area contributed by atoms with Gasteiger partial charge in [-0.15, -0.1) is 0 Å². The van der Waals surface area contributed by atoms with Crippen LogP contribution in [0, 0.1) is 6.92 Å². The van der Waals surface area contributed by atoms with Crippen molar-refractivity contribution in [1.82, 2.24) is 4.57 Å². The van der Waals surface area contributed by atoms with Crippen LogP contribution in [0.1, 0.15) is 5.56 Å². The van der Waals surface area contributed by atoms with Crippen LogP contribution in [0.2, 0.25) is 0 Å². The number of benzene rings is 1. The highest BCUT2D eigenvalue weighted by molar-refractivity contribution is 5.91. The molecule has 0 saturated carbocycles. The van der Waals surface area contributed by atoms with Gasteiger partial charge >= 0.3 is 6.09 Å². The number of aromatic nitrogens is 1. The van der Waals surface area contributed by atoms with Crippen molar-refractivity contribution in [3.8, 4) is 0 Å². The van der Waals surface area contributed by atoms with Gasteiger partial charge in [0.05, 0.1) is 12.6 Å². The number of hydrogen-bond acceptors (Lipinski definition) is 2. The number of ether oxygens (including phenoxy) is 1. The van der Waals surface area contributed by atoms with Crippen LogP contribution in [0.4, 0.5) is 4.79 Å². The SMILES string of the molecule is COC(=O)n1ccc2c(C)cccc21. The van der Waals surface area contributed by atoms with Gasteiger partial charge in [-0.05, 0) is 24.6 Å². The summed E-state index contributed by atoms with van der Waals surface area (Å²) in [6.45, 7) is 2.02.